The summed E-state index contributed by atoms with van der Waals surface area (Å²) in [7, 11) is 4.71. The number of amides is 1. The Bertz CT molecular complexity index is 717. The highest BCUT2D eigenvalue weighted by Gasteiger charge is 2.16. The Hall–Kier alpha value is -2.89. The number of nitrogens with one attached hydrogen (secondary N) is 1. The van der Waals surface area contributed by atoms with E-state index in [2.05, 4.69) is 5.32 Å². The van der Waals surface area contributed by atoms with Crippen LogP contribution in [0.2, 0.25) is 0 Å². The Balaban J connectivity index is 1.95. The molecule has 0 aliphatic rings. The molecule has 25 heavy (non-hydrogen) atoms. The molecule has 0 saturated carbocycles. The van der Waals surface area contributed by atoms with Crippen LogP contribution in [0, 0.1) is 0 Å². The number of methoxy groups -OCH3 is 3. The average Bonchev–Trinajstić information content (AvgIpc) is 2.66. The van der Waals surface area contributed by atoms with Gasteiger partial charge in [-0.25, -0.2) is 0 Å². The molecule has 2 aromatic rings. The van der Waals surface area contributed by atoms with E-state index in [1.807, 2.05) is 24.3 Å². The van der Waals surface area contributed by atoms with Gasteiger partial charge in [0, 0.05) is 6.54 Å². The third-order valence-electron chi connectivity index (χ3n) is 3.66. The lowest BCUT2D eigenvalue weighted by molar-refractivity contribution is -0.127. The molecule has 0 unspecified atom stereocenters. The Labute approximate surface area is 147 Å². The van der Waals surface area contributed by atoms with Crippen LogP contribution in [0.4, 0.5) is 0 Å². The van der Waals surface area contributed by atoms with E-state index in [0.29, 0.717) is 29.5 Å². The fourth-order valence-corrected chi connectivity index (χ4v) is 2.28. The van der Waals surface area contributed by atoms with E-state index in [4.69, 9.17) is 18.9 Å². The molecule has 2 rings (SSSR count). The van der Waals surface area contributed by atoms with Crippen LogP contribution < -0.4 is 24.3 Å². The van der Waals surface area contributed by atoms with Gasteiger partial charge >= 0.3 is 0 Å². The van der Waals surface area contributed by atoms with Gasteiger partial charge in [0.15, 0.2) is 29.1 Å². The van der Waals surface area contributed by atoms with Crippen LogP contribution in [-0.2, 0) is 11.3 Å². The SMILES string of the molecule is COc1ccc(CNC(=O)[C@@H](C)Oc2ccccc2OC)cc1OC. The maximum atomic E-state index is 12.3. The van der Waals surface area contributed by atoms with Crippen molar-refractivity contribution in [3.63, 3.8) is 0 Å². The molecule has 1 amide bonds. The second-order valence-corrected chi connectivity index (χ2v) is 5.32. The van der Waals surface area contributed by atoms with Crippen molar-refractivity contribution in [3.05, 3.63) is 48.0 Å². The van der Waals surface area contributed by atoms with Gasteiger partial charge < -0.3 is 24.3 Å². The standard InChI is InChI=1S/C19H23NO5/c1-13(25-17-8-6-5-7-15(17)22-2)19(21)20-12-14-9-10-16(23-3)18(11-14)24-4/h5-11,13H,12H2,1-4H3,(H,20,21)/t13-/m1/s1. The quantitative estimate of drug-likeness (QED) is 0.797. The highest BCUT2D eigenvalue weighted by Crippen LogP contribution is 2.28. The van der Waals surface area contributed by atoms with Gasteiger partial charge in [0.05, 0.1) is 21.3 Å². The average molecular weight is 345 g/mol. The normalized spacial score (nSPS) is 11.4. The smallest absolute Gasteiger partial charge is 0.261 e. The van der Waals surface area contributed by atoms with Gasteiger partial charge in [-0.15, -0.1) is 0 Å². The number of rotatable bonds is 8. The molecule has 0 fully saturated rings. The van der Waals surface area contributed by atoms with Gasteiger partial charge in [0.25, 0.3) is 5.91 Å². The van der Waals surface area contributed by atoms with Crippen molar-refractivity contribution < 1.29 is 23.7 Å². The molecule has 134 valence electrons. The first-order valence-corrected chi connectivity index (χ1v) is 7.87. The summed E-state index contributed by atoms with van der Waals surface area (Å²) in [6.07, 6.45) is -0.656. The van der Waals surface area contributed by atoms with E-state index >= 15 is 0 Å². The van der Waals surface area contributed by atoms with Gasteiger partial charge in [-0.1, -0.05) is 18.2 Å². The van der Waals surface area contributed by atoms with Crippen molar-refractivity contribution in [2.75, 3.05) is 21.3 Å². The second kappa shape index (κ2) is 8.82. The molecular weight excluding hydrogens is 322 g/mol. The van der Waals surface area contributed by atoms with Gasteiger partial charge in [-0.3, -0.25) is 4.79 Å². The summed E-state index contributed by atoms with van der Waals surface area (Å²) >= 11 is 0. The van der Waals surface area contributed by atoms with Crippen LogP contribution in [-0.4, -0.2) is 33.3 Å². The highest BCUT2D eigenvalue weighted by atomic mass is 16.5. The summed E-state index contributed by atoms with van der Waals surface area (Å²) in [5.41, 5.74) is 0.899. The van der Waals surface area contributed by atoms with Crippen molar-refractivity contribution >= 4 is 5.91 Å². The van der Waals surface area contributed by atoms with Gasteiger partial charge in [-0.05, 0) is 36.8 Å². The van der Waals surface area contributed by atoms with Gasteiger partial charge in [0.2, 0.25) is 0 Å². The molecule has 1 N–H and O–H groups in total. The Kier molecular flexibility index (Phi) is 6.51. The molecule has 0 aromatic heterocycles. The Morgan fingerprint density at radius 3 is 2.16 bits per heavy atom. The predicted octanol–water partition coefficient (Wildman–Crippen LogP) is 2.80. The molecule has 0 spiro atoms. The third kappa shape index (κ3) is 4.79. The predicted molar refractivity (Wildman–Crippen MR) is 94.5 cm³/mol. The fourth-order valence-electron chi connectivity index (χ4n) is 2.28. The molecule has 1 atom stereocenters. The van der Waals surface area contributed by atoms with E-state index < -0.39 is 6.10 Å². The topological polar surface area (TPSA) is 66.0 Å². The highest BCUT2D eigenvalue weighted by molar-refractivity contribution is 5.80. The van der Waals surface area contributed by atoms with Crippen molar-refractivity contribution in [2.45, 2.75) is 19.6 Å². The zero-order valence-corrected chi connectivity index (χ0v) is 14.9. The lowest BCUT2D eigenvalue weighted by atomic mass is 10.2. The number of hydrogen-bond acceptors (Lipinski definition) is 5. The summed E-state index contributed by atoms with van der Waals surface area (Å²) in [6, 6.07) is 12.7. The summed E-state index contributed by atoms with van der Waals surface area (Å²) < 4.78 is 21.4. The summed E-state index contributed by atoms with van der Waals surface area (Å²) in [5.74, 6) is 2.15. The number of para-hydroxylation sites is 2. The Morgan fingerprint density at radius 2 is 1.52 bits per heavy atom. The lowest BCUT2D eigenvalue weighted by Gasteiger charge is -2.17. The van der Waals surface area contributed by atoms with Crippen LogP contribution in [0.1, 0.15) is 12.5 Å². The van der Waals surface area contributed by atoms with E-state index in [1.54, 1.807) is 46.5 Å². The number of carbonyl (C=O) groups excluding carboxylic acids is 1. The number of ether oxygens (including phenoxy) is 4. The monoisotopic (exact) mass is 345 g/mol. The summed E-state index contributed by atoms with van der Waals surface area (Å²) in [4.78, 5) is 12.3. The molecule has 0 saturated heterocycles. The number of benzene rings is 2. The summed E-state index contributed by atoms with van der Waals surface area (Å²) in [5, 5.41) is 2.84. The summed E-state index contributed by atoms with van der Waals surface area (Å²) in [6.45, 7) is 2.05. The maximum absolute atomic E-state index is 12.3. The largest absolute Gasteiger partial charge is 0.493 e. The van der Waals surface area contributed by atoms with Crippen LogP contribution >= 0.6 is 0 Å². The minimum atomic E-state index is -0.656. The first-order chi connectivity index (χ1) is 12.1. The molecule has 0 radical (unpaired) electrons. The number of carbonyl (C=O) groups is 1. The second-order valence-electron chi connectivity index (χ2n) is 5.32. The van der Waals surface area contributed by atoms with Crippen molar-refractivity contribution in [1.29, 1.82) is 0 Å². The maximum Gasteiger partial charge on any atom is 0.261 e. The molecule has 6 nitrogen and oxygen atoms in total. The minimum absolute atomic E-state index is 0.222. The van der Waals surface area contributed by atoms with Crippen LogP contribution in [0.15, 0.2) is 42.5 Å². The van der Waals surface area contributed by atoms with E-state index in [-0.39, 0.29) is 5.91 Å². The first kappa shape index (κ1) is 18.4. The third-order valence-corrected chi connectivity index (χ3v) is 3.66. The van der Waals surface area contributed by atoms with Crippen LogP contribution in [0.5, 0.6) is 23.0 Å². The Morgan fingerprint density at radius 1 is 0.920 bits per heavy atom. The minimum Gasteiger partial charge on any atom is -0.493 e. The van der Waals surface area contributed by atoms with E-state index in [0.717, 1.165) is 5.56 Å². The lowest BCUT2D eigenvalue weighted by Crippen LogP contribution is -2.35. The van der Waals surface area contributed by atoms with Crippen LogP contribution in [0.25, 0.3) is 0 Å². The number of hydrogen-bond donors (Lipinski definition) is 1. The van der Waals surface area contributed by atoms with Crippen LogP contribution in [0.3, 0.4) is 0 Å². The molecular formula is C19H23NO5. The van der Waals surface area contributed by atoms with Crippen molar-refractivity contribution in [3.8, 4) is 23.0 Å². The molecule has 2 aromatic carbocycles. The van der Waals surface area contributed by atoms with Crippen molar-refractivity contribution in [1.82, 2.24) is 5.32 Å². The molecule has 6 heteroatoms. The van der Waals surface area contributed by atoms with E-state index in [9.17, 15) is 4.79 Å². The zero-order chi connectivity index (χ0) is 18.2. The van der Waals surface area contributed by atoms with Crippen molar-refractivity contribution in [2.24, 2.45) is 0 Å². The van der Waals surface area contributed by atoms with Gasteiger partial charge in [0.1, 0.15) is 0 Å². The van der Waals surface area contributed by atoms with E-state index in [1.165, 1.54) is 0 Å². The zero-order valence-electron chi connectivity index (χ0n) is 14.9. The molecule has 0 heterocycles. The fraction of sp³-hybridized carbons (Fsp3) is 0.316. The molecule has 0 aliphatic heterocycles. The molecule has 0 aliphatic carbocycles. The first-order valence-electron chi connectivity index (χ1n) is 7.87. The van der Waals surface area contributed by atoms with Gasteiger partial charge in [-0.2, -0.15) is 0 Å². The molecule has 0 bridgehead atoms.